The summed E-state index contributed by atoms with van der Waals surface area (Å²) < 4.78 is 0. The minimum atomic E-state index is 0.337. The van der Waals surface area contributed by atoms with E-state index < -0.39 is 0 Å². The van der Waals surface area contributed by atoms with Gasteiger partial charge in [-0.3, -0.25) is 9.89 Å². The summed E-state index contributed by atoms with van der Waals surface area (Å²) in [5.41, 5.74) is 0. The van der Waals surface area contributed by atoms with Gasteiger partial charge in [-0.15, -0.1) is 0 Å². The quantitative estimate of drug-likeness (QED) is 0.918. The number of hydrogen-bond donors (Lipinski definition) is 1. The monoisotopic (exact) mass is 305 g/mol. The van der Waals surface area contributed by atoms with E-state index in [1.54, 1.807) is 6.33 Å². The van der Waals surface area contributed by atoms with Gasteiger partial charge in [0.15, 0.2) is 0 Å². The van der Waals surface area contributed by atoms with E-state index in [0.717, 1.165) is 44.7 Å². The van der Waals surface area contributed by atoms with Crippen LogP contribution in [0, 0.1) is 5.92 Å². The highest BCUT2D eigenvalue weighted by molar-refractivity contribution is 5.76. The Kier molecular flexibility index (Phi) is 5.08. The van der Waals surface area contributed by atoms with Crippen LogP contribution in [0.3, 0.4) is 0 Å². The number of aromatic amines is 1. The SMILES string of the molecule is CN1CCCC(CCC(=O)N2CCC(c3ncn[nH]3)CC2)C1. The highest BCUT2D eigenvalue weighted by atomic mass is 16.2. The van der Waals surface area contributed by atoms with E-state index in [1.807, 2.05) is 4.90 Å². The Bertz CT molecular complexity index is 467. The molecule has 2 aliphatic heterocycles. The average Bonchev–Trinajstić information content (AvgIpc) is 3.07. The number of rotatable bonds is 4. The molecule has 2 saturated heterocycles. The van der Waals surface area contributed by atoms with E-state index in [0.29, 0.717) is 24.2 Å². The highest BCUT2D eigenvalue weighted by Crippen LogP contribution is 2.26. The first-order valence-electron chi connectivity index (χ1n) is 8.54. The molecule has 0 radical (unpaired) electrons. The predicted molar refractivity (Wildman–Crippen MR) is 84.4 cm³/mol. The summed E-state index contributed by atoms with van der Waals surface area (Å²) in [7, 11) is 2.18. The lowest BCUT2D eigenvalue weighted by atomic mass is 9.92. The standard InChI is InChI=1S/C16H27N5O/c1-20-8-2-3-13(11-20)4-5-15(22)21-9-6-14(7-10-21)16-17-12-18-19-16/h12-14H,2-11H2,1H3,(H,17,18,19). The summed E-state index contributed by atoms with van der Waals surface area (Å²) >= 11 is 0. The second-order valence-electron chi connectivity index (χ2n) is 6.83. The van der Waals surface area contributed by atoms with Gasteiger partial charge in [0.2, 0.25) is 5.91 Å². The molecule has 1 aromatic heterocycles. The molecule has 22 heavy (non-hydrogen) atoms. The van der Waals surface area contributed by atoms with Crippen LogP contribution in [0.2, 0.25) is 0 Å². The number of H-pyrrole nitrogens is 1. The fraction of sp³-hybridized carbons (Fsp3) is 0.812. The second-order valence-corrected chi connectivity index (χ2v) is 6.83. The molecule has 0 bridgehead atoms. The van der Waals surface area contributed by atoms with E-state index in [2.05, 4.69) is 27.1 Å². The lowest BCUT2D eigenvalue weighted by Crippen LogP contribution is -2.39. The van der Waals surface area contributed by atoms with Gasteiger partial charge in [-0.2, -0.15) is 5.10 Å². The molecule has 0 aromatic carbocycles. The summed E-state index contributed by atoms with van der Waals surface area (Å²) in [5, 5.41) is 6.87. The lowest BCUT2D eigenvalue weighted by molar-refractivity contribution is -0.132. The summed E-state index contributed by atoms with van der Waals surface area (Å²) in [6.07, 6.45) is 7.87. The maximum atomic E-state index is 12.4. The van der Waals surface area contributed by atoms with Gasteiger partial charge in [0.05, 0.1) is 0 Å². The molecule has 1 unspecified atom stereocenters. The van der Waals surface area contributed by atoms with Crippen molar-refractivity contribution in [3.8, 4) is 0 Å². The average molecular weight is 305 g/mol. The van der Waals surface area contributed by atoms with Crippen molar-refractivity contribution in [2.45, 2.75) is 44.4 Å². The molecule has 3 heterocycles. The van der Waals surface area contributed by atoms with Gasteiger partial charge >= 0.3 is 0 Å². The van der Waals surface area contributed by atoms with Crippen LogP contribution in [-0.4, -0.2) is 64.1 Å². The molecular weight excluding hydrogens is 278 g/mol. The van der Waals surface area contributed by atoms with Crippen LogP contribution in [-0.2, 0) is 4.79 Å². The van der Waals surface area contributed by atoms with E-state index in [9.17, 15) is 4.79 Å². The third-order valence-corrected chi connectivity index (χ3v) is 5.16. The number of carbonyl (C=O) groups excluding carboxylic acids is 1. The smallest absolute Gasteiger partial charge is 0.222 e. The topological polar surface area (TPSA) is 65.1 Å². The number of hydrogen-bond acceptors (Lipinski definition) is 4. The Morgan fingerprint density at radius 2 is 2.14 bits per heavy atom. The van der Waals surface area contributed by atoms with Crippen LogP contribution >= 0.6 is 0 Å². The molecule has 3 rings (SSSR count). The van der Waals surface area contributed by atoms with Crippen molar-refractivity contribution in [1.29, 1.82) is 0 Å². The number of amides is 1. The molecule has 1 amide bonds. The maximum absolute atomic E-state index is 12.4. The minimum Gasteiger partial charge on any atom is -0.343 e. The van der Waals surface area contributed by atoms with Crippen molar-refractivity contribution in [2.75, 3.05) is 33.2 Å². The molecule has 122 valence electrons. The molecule has 0 aliphatic carbocycles. The number of piperidine rings is 2. The first-order chi connectivity index (χ1) is 10.7. The summed E-state index contributed by atoms with van der Waals surface area (Å²) in [4.78, 5) is 21.1. The van der Waals surface area contributed by atoms with E-state index in [4.69, 9.17) is 0 Å². The van der Waals surface area contributed by atoms with Crippen molar-refractivity contribution >= 4 is 5.91 Å². The number of aromatic nitrogens is 3. The van der Waals surface area contributed by atoms with Gasteiger partial charge in [0.25, 0.3) is 0 Å². The zero-order valence-electron chi connectivity index (χ0n) is 13.5. The predicted octanol–water partition coefficient (Wildman–Crippen LogP) is 1.63. The molecule has 2 aliphatic rings. The molecule has 0 saturated carbocycles. The van der Waals surface area contributed by atoms with Gasteiger partial charge in [0, 0.05) is 32.0 Å². The zero-order chi connectivity index (χ0) is 15.4. The largest absolute Gasteiger partial charge is 0.343 e. The van der Waals surface area contributed by atoms with Gasteiger partial charge in [-0.1, -0.05) is 0 Å². The molecule has 2 fully saturated rings. The zero-order valence-corrected chi connectivity index (χ0v) is 13.5. The first kappa shape index (κ1) is 15.5. The van der Waals surface area contributed by atoms with Crippen molar-refractivity contribution in [2.24, 2.45) is 5.92 Å². The molecule has 1 atom stereocenters. The first-order valence-corrected chi connectivity index (χ1v) is 8.54. The Labute approximate surface area is 132 Å². The molecule has 6 nitrogen and oxygen atoms in total. The molecule has 0 spiro atoms. The second kappa shape index (κ2) is 7.22. The molecule has 1 N–H and O–H groups in total. The Hall–Kier alpha value is -1.43. The van der Waals surface area contributed by atoms with Gasteiger partial charge in [-0.25, -0.2) is 4.98 Å². The Morgan fingerprint density at radius 1 is 1.32 bits per heavy atom. The van der Waals surface area contributed by atoms with Gasteiger partial charge < -0.3 is 9.80 Å². The van der Waals surface area contributed by atoms with Crippen molar-refractivity contribution in [3.63, 3.8) is 0 Å². The summed E-state index contributed by atoms with van der Waals surface area (Å²) in [5.74, 6) is 2.44. The lowest BCUT2D eigenvalue weighted by Gasteiger charge is -2.32. The minimum absolute atomic E-state index is 0.337. The number of likely N-dealkylation sites (tertiary alicyclic amines) is 2. The van der Waals surface area contributed by atoms with E-state index in [1.165, 1.54) is 19.4 Å². The van der Waals surface area contributed by atoms with Crippen LogP contribution in [0.25, 0.3) is 0 Å². The van der Waals surface area contributed by atoms with Crippen molar-refractivity contribution in [1.82, 2.24) is 25.0 Å². The fourth-order valence-electron chi connectivity index (χ4n) is 3.81. The van der Waals surface area contributed by atoms with E-state index in [-0.39, 0.29) is 0 Å². The van der Waals surface area contributed by atoms with E-state index >= 15 is 0 Å². The van der Waals surface area contributed by atoms with Gasteiger partial charge in [0.1, 0.15) is 12.2 Å². The number of carbonyl (C=O) groups is 1. The van der Waals surface area contributed by atoms with Crippen LogP contribution in [0.5, 0.6) is 0 Å². The Morgan fingerprint density at radius 3 is 2.82 bits per heavy atom. The summed E-state index contributed by atoms with van der Waals surface area (Å²) in [6.45, 7) is 4.07. The van der Waals surface area contributed by atoms with Crippen LogP contribution < -0.4 is 0 Å². The van der Waals surface area contributed by atoms with Crippen LogP contribution in [0.4, 0.5) is 0 Å². The van der Waals surface area contributed by atoms with Crippen molar-refractivity contribution < 1.29 is 4.79 Å². The number of nitrogens with zero attached hydrogens (tertiary/aromatic N) is 4. The summed E-state index contributed by atoms with van der Waals surface area (Å²) in [6, 6.07) is 0. The van der Waals surface area contributed by atoms with Crippen LogP contribution in [0.15, 0.2) is 6.33 Å². The fourth-order valence-corrected chi connectivity index (χ4v) is 3.81. The van der Waals surface area contributed by atoms with Gasteiger partial charge in [-0.05, 0) is 51.6 Å². The third kappa shape index (κ3) is 3.85. The van der Waals surface area contributed by atoms with Crippen LogP contribution in [0.1, 0.15) is 50.3 Å². The number of nitrogens with one attached hydrogen (secondary N) is 1. The molecule has 1 aromatic rings. The van der Waals surface area contributed by atoms with Crippen molar-refractivity contribution in [3.05, 3.63) is 12.2 Å². The highest BCUT2D eigenvalue weighted by Gasteiger charge is 2.26. The third-order valence-electron chi connectivity index (χ3n) is 5.16. The normalized spacial score (nSPS) is 24.6. The molecular formula is C16H27N5O. The maximum Gasteiger partial charge on any atom is 0.222 e. The molecule has 6 heteroatoms. The Balaban J connectivity index is 1.40.